The minimum absolute atomic E-state index is 0.0297. The summed E-state index contributed by atoms with van der Waals surface area (Å²) in [5, 5.41) is 0. The normalized spacial score (nSPS) is 10.5. The highest BCUT2D eigenvalue weighted by molar-refractivity contribution is 5.26. The Morgan fingerprint density at radius 3 is 2.38 bits per heavy atom. The van der Waals surface area contributed by atoms with Crippen molar-refractivity contribution >= 4 is 0 Å². The van der Waals surface area contributed by atoms with Gasteiger partial charge in [-0.3, -0.25) is 0 Å². The van der Waals surface area contributed by atoms with Crippen LogP contribution in [0, 0.1) is 6.92 Å². The van der Waals surface area contributed by atoms with Crippen LogP contribution >= 0.6 is 0 Å². The maximum Gasteiger partial charge on any atom is 0.118 e. The van der Waals surface area contributed by atoms with Crippen molar-refractivity contribution in [2.24, 2.45) is 0 Å². The molecule has 1 aromatic carbocycles. The van der Waals surface area contributed by atoms with E-state index >= 15 is 0 Å². The predicted octanol–water partition coefficient (Wildman–Crippen LogP) is 2.43. The van der Waals surface area contributed by atoms with Gasteiger partial charge in [0.1, 0.15) is 5.75 Å². The summed E-state index contributed by atoms with van der Waals surface area (Å²) < 4.78 is 10.4. The molecule has 0 spiro atoms. The first-order chi connectivity index (χ1) is 6.22. The van der Waals surface area contributed by atoms with Crippen LogP contribution < -0.4 is 4.74 Å². The fraction of sp³-hybridized carbons (Fsp3) is 0.364. The van der Waals surface area contributed by atoms with Crippen molar-refractivity contribution in [1.29, 1.82) is 0 Å². The Bertz CT molecular complexity index is 239. The van der Waals surface area contributed by atoms with E-state index in [9.17, 15) is 0 Å². The molecule has 0 aliphatic rings. The van der Waals surface area contributed by atoms with Crippen molar-refractivity contribution in [2.45, 2.75) is 19.6 Å². The minimum atomic E-state index is 0.0297. The summed E-state index contributed by atoms with van der Waals surface area (Å²) in [5.41, 5.74) is 1.14. The third kappa shape index (κ3) is 3.47. The summed E-state index contributed by atoms with van der Waals surface area (Å²) in [6.45, 7) is 6.27. The third-order valence-corrected chi connectivity index (χ3v) is 1.69. The summed E-state index contributed by atoms with van der Waals surface area (Å²) in [4.78, 5) is 0. The molecule has 13 heavy (non-hydrogen) atoms. The number of ether oxygens (including phenoxy) is 2. The van der Waals surface area contributed by atoms with E-state index < -0.39 is 0 Å². The van der Waals surface area contributed by atoms with Gasteiger partial charge in [-0.25, -0.2) is 0 Å². The van der Waals surface area contributed by atoms with Crippen LogP contribution in [0.4, 0.5) is 0 Å². The minimum Gasteiger partial charge on any atom is -0.497 e. The lowest BCUT2D eigenvalue weighted by molar-refractivity contribution is 0.0823. The molecular formula is C11H15O2. The van der Waals surface area contributed by atoms with Crippen molar-refractivity contribution in [2.75, 3.05) is 7.11 Å². The number of hydrogen-bond donors (Lipinski definition) is 0. The van der Waals surface area contributed by atoms with Gasteiger partial charge >= 0.3 is 0 Å². The van der Waals surface area contributed by atoms with Gasteiger partial charge in [0.2, 0.25) is 0 Å². The molecule has 1 unspecified atom stereocenters. The summed E-state index contributed by atoms with van der Waals surface area (Å²) >= 11 is 0. The van der Waals surface area contributed by atoms with E-state index in [-0.39, 0.29) is 6.10 Å². The van der Waals surface area contributed by atoms with Crippen molar-refractivity contribution in [1.82, 2.24) is 0 Å². The van der Waals surface area contributed by atoms with Crippen LogP contribution in [-0.4, -0.2) is 13.2 Å². The van der Waals surface area contributed by atoms with Crippen LogP contribution in [0.15, 0.2) is 24.3 Å². The second-order valence-corrected chi connectivity index (χ2v) is 2.97. The van der Waals surface area contributed by atoms with Crippen LogP contribution in [0.2, 0.25) is 0 Å². The van der Waals surface area contributed by atoms with Crippen molar-refractivity contribution < 1.29 is 9.47 Å². The molecule has 0 saturated carbocycles. The zero-order chi connectivity index (χ0) is 9.68. The lowest BCUT2D eigenvalue weighted by Gasteiger charge is -2.07. The monoisotopic (exact) mass is 179 g/mol. The lowest BCUT2D eigenvalue weighted by Crippen LogP contribution is -2.02. The number of rotatable bonds is 4. The number of methoxy groups -OCH3 is 1. The average molecular weight is 179 g/mol. The molecule has 0 saturated heterocycles. The van der Waals surface area contributed by atoms with Crippen LogP contribution in [0.5, 0.6) is 5.75 Å². The molecule has 2 nitrogen and oxygen atoms in total. The van der Waals surface area contributed by atoms with Crippen LogP contribution in [0.1, 0.15) is 12.5 Å². The predicted molar refractivity (Wildman–Crippen MR) is 52.6 cm³/mol. The Balaban J connectivity index is 2.49. The van der Waals surface area contributed by atoms with Gasteiger partial charge in [-0.2, -0.15) is 0 Å². The maximum absolute atomic E-state index is 5.35. The fourth-order valence-electron chi connectivity index (χ4n) is 0.960. The highest BCUT2D eigenvalue weighted by Gasteiger charge is 1.96. The Morgan fingerprint density at radius 1 is 1.31 bits per heavy atom. The topological polar surface area (TPSA) is 18.5 Å². The summed E-state index contributed by atoms with van der Waals surface area (Å²) in [7, 11) is 1.66. The van der Waals surface area contributed by atoms with E-state index in [0.717, 1.165) is 11.3 Å². The molecule has 0 heterocycles. The van der Waals surface area contributed by atoms with E-state index in [2.05, 4.69) is 6.92 Å². The third-order valence-electron chi connectivity index (χ3n) is 1.69. The summed E-state index contributed by atoms with van der Waals surface area (Å²) in [6, 6.07) is 7.82. The molecule has 0 aliphatic heterocycles. The van der Waals surface area contributed by atoms with Gasteiger partial charge in [0, 0.05) is 0 Å². The van der Waals surface area contributed by atoms with Gasteiger partial charge in [-0.15, -0.1) is 0 Å². The van der Waals surface area contributed by atoms with E-state index in [4.69, 9.17) is 9.47 Å². The molecule has 0 amide bonds. The SMILES string of the molecule is [CH2]C(C)OCc1ccc(OC)cc1. The van der Waals surface area contributed by atoms with Gasteiger partial charge < -0.3 is 9.47 Å². The number of benzene rings is 1. The van der Waals surface area contributed by atoms with Crippen LogP contribution in [-0.2, 0) is 11.3 Å². The molecule has 0 aromatic heterocycles. The molecule has 0 aliphatic carbocycles. The molecule has 0 N–H and O–H groups in total. The van der Waals surface area contributed by atoms with E-state index in [1.54, 1.807) is 7.11 Å². The second-order valence-electron chi connectivity index (χ2n) is 2.97. The Labute approximate surface area is 79.5 Å². The van der Waals surface area contributed by atoms with Crippen LogP contribution in [0.25, 0.3) is 0 Å². The Kier molecular flexibility index (Phi) is 3.77. The number of hydrogen-bond acceptors (Lipinski definition) is 2. The largest absolute Gasteiger partial charge is 0.497 e. The van der Waals surface area contributed by atoms with E-state index in [1.807, 2.05) is 31.2 Å². The second kappa shape index (κ2) is 4.87. The molecule has 2 heteroatoms. The molecule has 1 atom stereocenters. The maximum atomic E-state index is 5.35. The Morgan fingerprint density at radius 2 is 1.92 bits per heavy atom. The molecular weight excluding hydrogens is 164 g/mol. The smallest absolute Gasteiger partial charge is 0.118 e. The zero-order valence-electron chi connectivity index (χ0n) is 8.12. The van der Waals surface area contributed by atoms with Gasteiger partial charge in [-0.1, -0.05) is 12.1 Å². The average Bonchev–Trinajstić information content (AvgIpc) is 2.15. The van der Waals surface area contributed by atoms with Gasteiger partial charge in [0.25, 0.3) is 0 Å². The first-order valence-corrected chi connectivity index (χ1v) is 4.30. The highest BCUT2D eigenvalue weighted by Crippen LogP contribution is 2.12. The van der Waals surface area contributed by atoms with Crippen molar-refractivity contribution in [3.05, 3.63) is 36.8 Å². The lowest BCUT2D eigenvalue weighted by atomic mass is 10.2. The highest BCUT2D eigenvalue weighted by atomic mass is 16.5. The van der Waals surface area contributed by atoms with E-state index in [1.165, 1.54) is 0 Å². The van der Waals surface area contributed by atoms with Gasteiger partial charge in [-0.05, 0) is 31.5 Å². The summed E-state index contributed by atoms with van der Waals surface area (Å²) in [5.74, 6) is 0.867. The standard InChI is InChI=1S/C11H15O2/c1-9(2)13-8-10-4-6-11(12-3)7-5-10/h4-7,9H,1,8H2,2-3H3. The fourth-order valence-corrected chi connectivity index (χ4v) is 0.960. The molecule has 1 radical (unpaired) electrons. The molecule has 71 valence electrons. The summed E-state index contributed by atoms with van der Waals surface area (Å²) in [6.07, 6.45) is 0.0297. The van der Waals surface area contributed by atoms with Crippen molar-refractivity contribution in [3.63, 3.8) is 0 Å². The Hall–Kier alpha value is -1.02. The molecule has 0 fully saturated rings. The van der Waals surface area contributed by atoms with Gasteiger partial charge in [0.15, 0.2) is 0 Å². The molecule has 1 rings (SSSR count). The van der Waals surface area contributed by atoms with Crippen LogP contribution in [0.3, 0.4) is 0 Å². The van der Waals surface area contributed by atoms with Crippen molar-refractivity contribution in [3.8, 4) is 5.75 Å². The molecule has 1 aromatic rings. The zero-order valence-corrected chi connectivity index (χ0v) is 8.12. The first kappa shape index (κ1) is 10.1. The first-order valence-electron chi connectivity index (χ1n) is 4.30. The van der Waals surface area contributed by atoms with E-state index in [0.29, 0.717) is 6.61 Å². The molecule has 0 bridgehead atoms. The van der Waals surface area contributed by atoms with Gasteiger partial charge in [0.05, 0.1) is 19.8 Å². The quantitative estimate of drug-likeness (QED) is 0.706.